The van der Waals surface area contributed by atoms with Gasteiger partial charge in [-0.05, 0) is 25.7 Å². The Balaban J connectivity index is 1.27. The zero-order valence-electron chi connectivity index (χ0n) is 14.0. The topological polar surface area (TPSA) is 59.7 Å². The van der Waals surface area contributed by atoms with Gasteiger partial charge in [-0.15, -0.1) is 10.2 Å². The molecule has 0 amide bonds. The molecule has 1 saturated heterocycles. The fraction of sp³-hybridized carbons (Fsp3) is 0.444. The Hall–Kier alpha value is -2.28. The zero-order valence-corrected chi connectivity index (χ0v) is 14.8. The number of hydrogen-bond donors (Lipinski definition) is 0. The molecule has 6 nitrogen and oxygen atoms in total. The minimum atomic E-state index is 0.515. The highest BCUT2D eigenvalue weighted by atomic mass is 32.1. The van der Waals surface area contributed by atoms with Crippen LogP contribution < -0.4 is 4.90 Å². The fourth-order valence-corrected chi connectivity index (χ4v) is 4.29. The summed E-state index contributed by atoms with van der Waals surface area (Å²) in [4.78, 5) is 7.11. The molecule has 0 spiro atoms. The van der Waals surface area contributed by atoms with Crippen LogP contribution in [0.2, 0.25) is 0 Å². The Morgan fingerprint density at radius 3 is 2.56 bits per heavy atom. The van der Waals surface area contributed by atoms with Crippen molar-refractivity contribution < 1.29 is 0 Å². The van der Waals surface area contributed by atoms with Gasteiger partial charge in [0, 0.05) is 42.1 Å². The van der Waals surface area contributed by atoms with E-state index in [2.05, 4.69) is 36.2 Å². The van der Waals surface area contributed by atoms with E-state index in [1.807, 2.05) is 24.5 Å². The van der Waals surface area contributed by atoms with Crippen molar-refractivity contribution in [3.8, 4) is 11.4 Å². The Morgan fingerprint density at radius 2 is 1.80 bits per heavy atom. The summed E-state index contributed by atoms with van der Waals surface area (Å²) in [6, 6.07) is 10.8. The summed E-state index contributed by atoms with van der Waals surface area (Å²) in [6.45, 7) is 2.01. The quantitative estimate of drug-likeness (QED) is 0.719. The molecule has 1 aliphatic heterocycles. The van der Waals surface area contributed by atoms with Crippen LogP contribution in [-0.4, -0.2) is 37.2 Å². The van der Waals surface area contributed by atoms with Crippen LogP contribution in [0.1, 0.15) is 43.5 Å². The van der Waals surface area contributed by atoms with Gasteiger partial charge in [0.1, 0.15) is 12.2 Å². The van der Waals surface area contributed by atoms with E-state index in [0.29, 0.717) is 12.0 Å². The number of aromatic nitrogens is 5. The SMILES string of the molecule is c1ccc(-c2nsc(N3CCC(c4nncn4C4CC4)CC3)n2)cc1. The average molecular weight is 352 g/mol. The number of rotatable bonds is 4. The van der Waals surface area contributed by atoms with Gasteiger partial charge >= 0.3 is 0 Å². The van der Waals surface area contributed by atoms with Gasteiger partial charge in [-0.2, -0.15) is 9.36 Å². The molecule has 0 N–H and O–H groups in total. The molecule has 2 fully saturated rings. The van der Waals surface area contributed by atoms with Gasteiger partial charge in [0.2, 0.25) is 5.13 Å². The molecule has 3 heterocycles. The molecule has 0 atom stereocenters. The molecule has 5 rings (SSSR count). The van der Waals surface area contributed by atoms with Crippen LogP contribution in [0.3, 0.4) is 0 Å². The number of nitrogens with zero attached hydrogens (tertiary/aromatic N) is 6. The maximum absolute atomic E-state index is 4.75. The van der Waals surface area contributed by atoms with Crippen LogP contribution in [-0.2, 0) is 0 Å². The zero-order chi connectivity index (χ0) is 16.6. The Bertz CT molecular complexity index is 845. The number of anilines is 1. The van der Waals surface area contributed by atoms with Gasteiger partial charge in [0.05, 0.1) is 0 Å². The lowest BCUT2D eigenvalue weighted by Gasteiger charge is -2.31. The largest absolute Gasteiger partial charge is 0.347 e. The molecule has 1 aliphatic carbocycles. The average Bonchev–Trinajstić information content (AvgIpc) is 3.20. The van der Waals surface area contributed by atoms with Crippen molar-refractivity contribution in [2.45, 2.75) is 37.6 Å². The lowest BCUT2D eigenvalue weighted by atomic mass is 9.96. The van der Waals surface area contributed by atoms with E-state index in [0.717, 1.165) is 42.5 Å². The predicted octanol–water partition coefficient (Wildman–Crippen LogP) is 3.52. The Labute approximate surface area is 150 Å². The summed E-state index contributed by atoms with van der Waals surface area (Å²) in [5.74, 6) is 2.53. The van der Waals surface area contributed by atoms with Crippen LogP contribution in [0.25, 0.3) is 11.4 Å². The second-order valence-corrected chi connectivity index (χ2v) is 7.59. The van der Waals surface area contributed by atoms with Crippen molar-refractivity contribution in [2.24, 2.45) is 0 Å². The molecular formula is C18H20N6S. The summed E-state index contributed by atoms with van der Waals surface area (Å²) in [6.07, 6.45) is 6.67. The maximum Gasteiger partial charge on any atom is 0.205 e. The molecule has 3 aromatic rings. The Morgan fingerprint density at radius 1 is 1.00 bits per heavy atom. The van der Waals surface area contributed by atoms with E-state index in [1.54, 1.807) is 0 Å². The molecular weight excluding hydrogens is 332 g/mol. The molecule has 0 radical (unpaired) electrons. The second-order valence-electron chi connectivity index (χ2n) is 6.86. The van der Waals surface area contributed by atoms with Gasteiger partial charge in [-0.1, -0.05) is 30.3 Å². The number of benzene rings is 1. The van der Waals surface area contributed by atoms with Crippen molar-refractivity contribution in [3.63, 3.8) is 0 Å². The molecule has 7 heteroatoms. The first-order valence-electron chi connectivity index (χ1n) is 8.92. The third kappa shape index (κ3) is 2.93. The van der Waals surface area contributed by atoms with Crippen LogP contribution in [0, 0.1) is 0 Å². The van der Waals surface area contributed by atoms with Crippen LogP contribution in [0.15, 0.2) is 36.7 Å². The van der Waals surface area contributed by atoms with Crippen molar-refractivity contribution in [1.82, 2.24) is 24.1 Å². The maximum atomic E-state index is 4.75. The van der Waals surface area contributed by atoms with Gasteiger partial charge in [0.25, 0.3) is 0 Å². The van der Waals surface area contributed by atoms with Crippen molar-refractivity contribution >= 4 is 16.7 Å². The summed E-state index contributed by atoms with van der Waals surface area (Å²) in [5, 5.41) is 9.59. The highest BCUT2D eigenvalue weighted by Gasteiger charge is 2.31. The van der Waals surface area contributed by atoms with E-state index >= 15 is 0 Å². The molecule has 128 valence electrons. The van der Waals surface area contributed by atoms with Crippen LogP contribution in [0.4, 0.5) is 5.13 Å². The highest BCUT2D eigenvalue weighted by Crippen LogP contribution is 2.39. The third-order valence-corrected chi connectivity index (χ3v) is 5.90. The van der Waals surface area contributed by atoms with Crippen molar-refractivity contribution in [3.05, 3.63) is 42.5 Å². The molecule has 1 saturated carbocycles. The molecule has 2 aliphatic rings. The van der Waals surface area contributed by atoms with E-state index in [-0.39, 0.29) is 0 Å². The number of piperidine rings is 1. The minimum Gasteiger partial charge on any atom is -0.347 e. The summed E-state index contributed by atoms with van der Waals surface area (Å²) < 4.78 is 6.84. The highest BCUT2D eigenvalue weighted by molar-refractivity contribution is 7.09. The summed E-state index contributed by atoms with van der Waals surface area (Å²) in [5.41, 5.74) is 1.08. The molecule has 0 unspecified atom stereocenters. The van der Waals surface area contributed by atoms with Crippen molar-refractivity contribution in [2.75, 3.05) is 18.0 Å². The van der Waals surface area contributed by atoms with Crippen molar-refractivity contribution in [1.29, 1.82) is 0 Å². The number of hydrogen-bond acceptors (Lipinski definition) is 6. The lowest BCUT2D eigenvalue weighted by Crippen LogP contribution is -2.33. The van der Waals surface area contributed by atoms with E-state index in [1.165, 1.54) is 30.2 Å². The van der Waals surface area contributed by atoms with Gasteiger partial charge in [-0.3, -0.25) is 0 Å². The van der Waals surface area contributed by atoms with Crippen LogP contribution >= 0.6 is 11.5 Å². The van der Waals surface area contributed by atoms with E-state index in [9.17, 15) is 0 Å². The van der Waals surface area contributed by atoms with Gasteiger partial charge < -0.3 is 9.47 Å². The molecule has 2 aromatic heterocycles. The monoisotopic (exact) mass is 352 g/mol. The van der Waals surface area contributed by atoms with Gasteiger partial charge in [-0.25, -0.2) is 0 Å². The first-order valence-corrected chi connectivity index (χ1v) is 9.69. The molecule has 0 bridgehead atoms. The van der Waals surface area contributed by atoms with Gasteiger partial charge in [0.15, 0.2) is 5.82 Å². The lowest BCUT2D eigenvalue weighted by molar-refractivity contribution is 0.465. The minimum absolute atomic E-state index is 0.515. The predicted molar refractivity (Wildman–Crippen MR) is 97.8 cm³/mol. The standard InChI is InChI=1S/C18H20N6S/c1-2-4-13(5-3-1)16-20-18(25-22-16)23-10-8-14(9-11-23)17-21-19-12-24(17)15-6-7-15/h1-5,12,14-15H,6-11H2. The van der Waals surface area contributed by atoms with E-state index in [4.69, 9.17) is 4.98 Å². The molecule has 25 heavy (non-hydrogen) atoms. The Kier molecular flexibility index (Phi) is 3.73. The summed E-state index contributed by atoms with van der Waals surface area (Å²) in [7, 11) is 0. The third-order valence-electron chi connectivity index (χ3n) is 5.12. The normalized spacial score (nSPS) is 18.6. The van der Waals surface area contributed by atoms with Crippen LogP contribution in [0.5, 0.6) is 0 Å². The van der Waals surface area contributed by atoms with E-state index < -0.39 is 0 Å². The fourth-order valence-electron chi connectivity index (χ4n) is 3.56. The first kappa shape index (κ1) is 15.0. The molecule has 1 aromatic carbocycles. The summed E-state index contributed by atoms with van der Waals surface area (Å²) >= 11 is 1.50. The first-order chi connectivity index (χ1) is 12.4. The smallest absolute Gasteiger partial charge is 0.205 e. The second kappa shape index (κ2) is 6.22.